The smallest absolute Gasteiger partial charge is 0.244 e. The first-order chi connectivity index (χ1) is 9.38. The van der Waals surface area contributed by atoms with Crippen molar-refractivity contribution >= 4 is 15.9 Å². The van der Waals surface area contributed by atoms with Crippen LogP contribution in [0.1, 0.15) is 18.5 Å². The van der Waals surface area contributed by atoms with Gasteiger partial charge < -0.3 is 5.73 Å². The monoisotopic (exact) mass is 301 g/mol. The zero-order chi connectivity index (χ0) is 14.8. The number of nitrogens with one attached hydrogen (secondary N) is 2. The van der Waals surface area contributed by atoms with Crippen molar-refractivity contribution in [1.82, 2.24) is 19.8 Å². The molecular formula is C11H19N5O3S. The Labute approximate surface area is 117 Å². The van der Waals surface area contributed by atoms with Gasteiger partial charge in [-0.3, -0.25) is 14.8 Å². The molecule has 112 valence electrons. The predicted molar refractivity (Wildman–Crippen MR) is 72.3 cm³/mol. The van der Waals surface area contributed by atoms with Gasteiger partial charge >= 0.3 is 0 Å². The second-order valence-corrected chi connectivity index (χ2v) is 6.68. The van der Waals surface area contributed by atoms with Crippen LogP contribution in [0, 0.1) is 6.92 Å². The lowest BCUT2D eigenvalue weighted by atomic mass is 10.1. The number of H-pyrrole nitrogens is 1. The zero-order valence-corrected chi connectivity index (χ0v) is 12.1. The predicted octanol–water partition coefficient (Wildman–Crippen LogP) is -1.05. The summed E-state index contributed by atoms with van der Waals surface area (Å²) >= 11 is 0. The summed E-state index contributed by atoms with van der Waals surface area (Å²) in [5.74, 6) is -0.363. The molecule has 1 fully saturated rings. The number of sulfonamides is 1. The summed E-state index contributed by atoms with van der Waals surface area (Å²) in [6.45, 7) is 3.19. The summed E-state index contributed by atoms with van der Waals surface area (Å²) in [6, 6.07) is -0.126. The van der Waals surface area contributed by atoms with Crippen LogP contribution in [0.15, 0.2) is 11.1 Å². The van der Waals surface area contributed by atoms with E-state index >= 15 is 0 Å². The van der Waals surface area contributed by atoms with E-state index in [1.807, 2.05) is 4.90 Å². The molecule has 1 amide bonds. The lowest BCUT2D eigenvalue weighted by Crippen LogP contribution is -2.46. The molecule has 1 saturated heterocycles. The van der Waals surface area contributed by atoms with E-state index in [9.17, 15) is 13.2 Å². The molecule has 1 aromatic rings. The Bertz CT molecular complexity index is 575. The molecule has 0 radical (unpaired) electrons. The standard InChI is InChI=1S/C11H19N5O3S/c1-8-10(6-13-14-8)20(18,19)15-9-2-4-16(5-3-9)7-11(12)17/h6,9,15H,2-5,7H2,1H3,(H2,12,17)(H,13,14). The molecular weight excluding hydrogens is 282 g/mol. The molecule has 8 nitrogen and oxygen atoms in total. The first-order valence-electron chi connectivity index (χ1n) is 6.41. The fraction of sp³-hybridized carbons (Fsp3) is 0.636. The van der Waals surface area contributed by atoms with Crippen LogP contribution in [-0.4, -0.2) is 55.1 Å². The Hall–Kier alpha value is -1.45. The summed E-state index contributed by atoms with van der Waals surface area (Å²) in [5.41, 5.74) is 5.66. The van der Waals surface area contributed by atoms with Gasteiger partial charge in [0.05, 0.1) is 18.4 Å². The number of hydrogen-bond donors (Lipinski definition) is 3. The number of aromatic nitrogens is 2. The van der Waals surface area contributed by atoms with Gasteiger partial charge in [-0.15, -0.1) is 0 Å². The number of nitrogens with two attached hydrogens (primary N) is 1. The Morgan fingerprint density at radius 3 is 2.70 bits per heavy atom. The second-order valence-electron chi connectivity index (χ2n) is 5.00. The zero-order valence-electron chi connectivity index (χ0n) is 11.3. The van der Waals surface area contributed by atoms with Crippen LogP contribution in [0.25, 0.3) is 0 Å². The molecule has 0 spiro atoms. The molecule has 0 saturated carbocycles. The summed E-state index contributed by atoms with van der Waals surface area (Å²) in [4.78, 5) is 12.9. The average Bonchev–Trinajstić information content (AvgIpc) is 2.78. The molecule has 1 aliphatic rings. The third kappa shape index (κ3) is 3.56. The average molecular weight is 301 g/mol. The largest absolute Gasteiger partial charge is 0.369 e. The lowest BCUT2D eigenvalue weighted by Gasteiger charge is -2.31. The van der Waals surface area contributed by atoms with E-state index < -0.39 is 10.0 Å². The quantitative estimate of drug-likeness (QED) is 0.640. The Morgan fingerprint density at radius 2 is 2.20 bits per heavy atom. The van der Waals surface area contributed by atoms with Crippen LogP contribution in [0.5, 0.6) is 0 Å². The van der Waals surface area contributed by atoms with Gasteiger partial charge in [-0.05, 0) is 19.8 Å². The first-order valence-corrected chi connectivity index (χ1v) is 7.90. The minimum Gasteiger partial charge on any atom is -0.369 e. The molecule has 0 bridgehead atoms. The van der Waals surface area contributed by atoms with Crippen LogP contribution >= 0.6 is 0 Å². The van der Waals surface area contributed by atoms with Gasteiger partial charge in [-0.25, -0.2) is 13.1 Å². The van der Waals surface area contributed by atoms with Crippen molar-refractivity contribution in [2.45, 2.75) is 30.7 Å². The van der Waals surface area contributed by atoms with Gasteiger partial charge in [0, 0.05) is 19.1 Å². The highest BCUT2D eigenvalue weighted by molar-refractivity contribution is 7.89. The molecule has 0 aliphatic carbocycles. The fourth-order valence-corrected chi connectivity index (χ4v) is 3.76. The lowest BCUT2D eigenvalue weighted by molar-refractivity contribution is -0.119. The SMILES string of the molecule is Cc1[nH]ncc1S(=O)(=O)NC1CCN(CC(N)=O)CC1. The van der Waals surface area contributed by atoms with Gasteiger partial charge in [0.2, 0.25) is 15.9 Å². The molecule has 2 heterocycles. The number of nitrogens with zero attached hydrogens (tertiary/aromatic N) is 2. The van der Waals surface area contributed by atoms with Crippen molar-refractivity contribution in [2.75, 3.05) is 19.6 Å². The number of piperidine rings is 1. The topological polar surface area (TPSA) is 121 Å². The highest BCUT2D eigenvalue weighted by atomic mass is 32.2. The van der Waals surface area contributed by atoms with Crippen molar-refractivity contribution in [3.8, 4) is 0 Å². The summed E-state index contributed by atoms with van der Waals surface area (Å²) in [7, 11) is -3.54. The van der Waals surface area contributed by atoms with Crippen LogP contribution in [0.3, 0.4) is 0 Å². The van der Waals surface area contributed by atoms with E-state index in [1.54, 1.807) is 6.92 Å². The molecule has 0 aromatic carbocycles. The maximum Gasteiger partial charge on any atom is 0.244 e. The summed E-state index contributed by atoms with van der Waals surface area (Å²) < 4.78 is 27.0. The number of hydrogen-bond acceptors (Lipinski definition) is 5. The number of likely N-dealkylation sites (tertiary alicyclic amines) is 1. The number of primary amides is 1. The molecule has 0 atom stereocenters. The van der Waals surface area contributed by atoms with Crippen molar-refractivity contribution in [3.05, 3.63) is 11.9 Å². The minimum absolute atomic E-state index is 0.126. The Kier molecular flexibility index (Phi) is 4.41. The number of rotatable bonds is 5. The molecule has 9 heteroatoms. The van der Waals surface area contributed by atoms with Crippen LogP contribution in [0.2, 0.25) is 0 Å². The third-order valence-corrected chi connectivity index (χ3v) is 5.00. The molecule has 20 heavy (non-hydrogen) atoms. The van der Waals surface area contributed by atoms with Gasteiger partial charge in [-0.2, -0.15) is 5.10 Å². The third-order valence-electron chi connectivity index (χ3n) is 3.36. The molecule has 2 rings (SSSR count). The van der Waals surface area contributed by atoms with E-state index in [2.05, 4.69) is 14.9 Å². The van der Waals surface area contributed by atoms with Crippen molar-refractivity contribution < 1.29 is 13.2 Å². The number of carbonyl (C=O) groups excluding carboxylic acids is 1. The van der Waals surface area contributed by atoms with E-state index in [0.29, 0.717) is 31.6 Å². The van der Waals surface area contributed by atoms with Crippen molar-refractivity contribution in [1.29, 1.82) is 0 Å². The highest BCUT2D eigenvalue weighted by Crippen LogP contribution is 2.16. The van der Waals surface area contributed by atoms with Crippen molar-refractivity contribution in [3.63, 3.8) is 0 Å². The van der Waals surface area contributed by atoms with E-state index in [-0.39, 0.29) is 23.4 Å². The van der Waals surface area contributed by atoms with E-state index in [0.717, 1.165) is 0 Å². The van der Waals surface area contributed by atoms with Crippen LogP contribution in [-0.2, 0) is 14.8 Å². The summed E-state index contributed by atoms with van der Waals surface area (Å²) in [6.07, 6.45) is 2.62. The fourth-order valence-electron chi connectivity index (χ4n) is 2.32. The maximum absolute atomic E-state index is 12.2. The molecule has 1 aromatic heterocycles. The number of aryl methyl sites for hydroxylation is 1. The van der Waals surface area contributed by atoms with Gasteiger partial charge in [0.15, 0.2) is 0 Å². The summed E-state index contributed by atoms with van der Waals surface area (Å²) in [5, 5.41) is 6.33. The van der Waals surface area contributed by atoms with Crippen molar-refractivity contribution in [2.24, 2.45) is 5.73 Å². The Balaban J connectivity index is 1.93. The first kappa shape index (κ1) is 14.9. The normalized spacial score (nSPS) is 18.2. The second kappa shape index (κ2) is 5.90. The molecule has 4 N–H and O–H groups in total. The number of amides is 1. The molecule has 0 unspecified atom stereocenters. The number of carbonyl (C=O) groups is 1. The minimum atomic E-state index is -3.54. The van der Waals surface area contributed by atoms with Gasteiger partial charge in [0.25, 0.3) is 0 Å². The van der Waals surface area contributed by atoms with Crippen LogP contribution in [0.4, 0.5) is 0 Å². The number of aromatic amines is 1. The van der Waals surface area contributed by atoms with E-state index in [1.165, 1.54) is 6.20 Å². The maximum atomic E-state index is 12.2. The van der Waals surface area contributed by atoms with Crippen LogP contribution < -0.4 is 10.5 Å². The molecule has 1 aliphatic heterocycles. The Morgan fingerprint density at radius 1 is 1.55 bits per heavy atom. The van der Waals surface area contributed by atoms with Gasteiger partial charge in [-0.1, -0.05) is 0 Å². The highest BCUT2D eigenvalue weighted by Gasteiger charge is 2.26. The van der Waals surface area contributed by atoms with Gasteiger partial charge in [0.1, 0.15) is 4.90 Å². The van der Waals surface area contributed by atoms with E-state index in [4.69, 9.17) is 5.73 Å².